The molecule has 4 nitrogen and oxygen atoms in total. The molecule has 0 unspecified atom stereocenters. The number of fused-ring (bicyclic) bond motifs is 1. The minimum absolute atomic E-state index is 0.149. The Morgan fingerprint density at radius 1 is 0.562 bits per heavy atom. The highest BCUT2D eigenvalue weighted by molar-refractivity contribution is 5.98. The van der Waals surface area contributed by atoms with Crippen molar-refractivity contribution in [1.29, 1.82) is 0 Å². The van der Waals surface area contributed by atoms with Crippen LogP contribution in [0.5, 0.6) is 5.75 Å². The lowest BCUT2D eigenvalue weighted by Crippen LogP contribution is -2.17. The van der Waals surface area contributed by atoms with Crippen LogP contribution in [0.4, 0.5) is 0 Å². The average Bonchev–Trinajstić information content (AvgIpc) is 1.25. The van der Waals surface area contributed by atoms with E-state index in [-0.39, 0.29) is 16.6 Å². The number of phenols is 1. The fourth-order valence-corrected chi connectivity index (χ4v) is 8.06. The third-order valence-corrected chi connectivity index (χ3v) is 12.2. The van der Waals surface area contributed by atoms with Crippen LogP contribution in [-0.2, 0) is 21.7 Å². The van der Waals surface area contributed by atoms with Gasteiger partial charge < -0.3 is 5.11 Å². The summed E-state index contributed by atoms with van der Waals surface area (Å²) in [4.78, 5) is 9.98. The zero-order valence-electron chi connectivity index (χ0n) is 57.8. The number of aryl methyl sites for hydroxylation is 1. The van der Waals surface area contributed by atoms with Gasteiger partial charge in [-0.15, -0.1) is 0 Å². The number of para-hydroxylation sites is 1. The number of phenolic OH excluding ortho intramolecular Hbond substituents is 1. The molecule has 0 atom stereocenters. The fraction of sp³-hybridized carbons (Fsp3) is 0.300. The molecule has 0 aliphatic carbocycles. The quantitative estimate of drug-likeness (QED) is 0.166. The number of imidazole rings is 1. The van der Waals surface area contributed by atoms with E-state index in [1.165, 1.54) is 4.57 Å². The molecule has 4 heteroatoms. The van der Waals surface area contributed by atoms with E-state index in [9.17, 15) is 5.11 Å². The first-order valence-electron chi connectivity index (χ1n) is 31.7. The van der Waals surface area contributed by atoms with Crippen molar-refractivity contribution in [2.45, 2.75) is 118 Å². The molecule has 326 valence electrons. The largest absolute Gasteiger partial charge is 0.507 e. The normalized spacial score (nSPS) is 18.8. The van der Waals surface area contributed by atoms with Crippen LogP contribution >= 0.6 is 0 Å². The van der Waals surface area contributed by atoms with E-state index in [1.54, 1.807) is 72.9 Å². The van der Waals surface area contributed by atoms with Gasteiger partial charge in [-0.05, 0) is 122 Å². The maximum absolute atomic E-state index is 13.1. The van der Waals surface area contributed by atoms with E-state index < -0.39 is 97.9 Å². The summed E-state index contributed by atoms with van der Waals surface area (Å²) in [5.41, 5.74) is -5.26. The number of nitrogens with zero attached hydrogens (tertiary/aromatic N) is 3. The van der Waals surface area contributed by atoms with E-state index in [0.717, 1.165) is 28.3 Å². The van der Waals surface area contributed by atoms with Crippen LogP contribution in [0.25, 0.3) is 72.7 Å². The maximum atomic E-state index is 13.1. The summed E-state index contributed by atoms with van der Waals surface area (Å²) in [5, 5.41) is 13.1. The highest BCUT2D eigenvalue weighted by Gasteiger charge is 2.30. The lowest BCUT2D eigenvalue weighted by Gasteiger charge is -2.28. The second-order valence-electron chi connectivity index (χ2n) is 18.3. The summed E-state index contributed by atoms with van der Waals surface area (Å²) in [7, 11) is 0. The van der Waals surface area contributed by atoms with E-state index in [4.69, 9.17) is 38.8 Å². The van der Waals surface area contributed by atoms with Crippen LogP contribution in [0.15, 0.2) is 140 Å². The number of aromatic nitrogens is 3. The van der Waals surface area contributed by atoms with Gasteiger partial charge in [0.05, 0.1) is 28.0 Å². The van der Waals surface area contributed by atoms with E-state index in [1.807, 2.05) is 82.3 Å². The standard InChI is InChI=1S/C60H65N3O/c1-14-60(12,13)44-27-28-52(48(35-44)40-19-16-15-17-20-40)63-53-22-18-21-47(54(53)62-56(63)49-36-46(58(6,7)8)37-50(55(49)64)59(9,10)11)42-31-43(33-45(32-42)57(3,4)5)51-34-41(29-30-61-51)39-25-23-38(2)24-26-39/h15-37,64H,14H2,1-13H3/i2D3,6D3,7D3,8D3,9D3,10D3,11D3. The average molecular weight is 865 g/mol. The molecule has 0 saturated carbocycles. The number of hydrogen-bond donors (Lipinski definition) is 1. The molecule has 64 heavy (non-hydrogen) atoms. The predicted octanol–water partition coefficient (Wildman–Crippen LogP) is 16.3. The summed E-state index contributed by atoms with van der Waals surface area (Å²) >= 11 is 0. The first kappa shape index (κ1) is 25.3. The second kappa shape index (κ2) is 16.4. The summed E-state index contributed by atoms with van der Waals surface area (Å²) in [5.74, 6) is -1.80. The molecule has 0 radical (unpaired) electrons. The van der Waals surface area contributed by atoms with Crippen LogP contribution in [0.3, 0.4) is 0 Å². The molecule has 2 aromatic heterocycles. The van der Waals surface area contributed by atoms with Crippen molar-refractivity contribution < 1.29 is 33.9 Å². The van der Waals surface area contributed by atoms with Crippen LogP contribution in [-0.4, -0.2) is 19.6 Å². The Morgan fingerprint density at radius 3 is 1.95 bits per heavy atom. The van der Waals surface area contributed by atoms with Crippen molar-refractivity contribution in [3.63, 3.8) is 0 Å². The van der Waals surface area contributed by atoms with Gasteiger partial charge in [0, 0.05) is 57.2 Å². The van der Waals surface area contributed by atoms with Crippen LogP contribution < -0.4 is 0 Å². The van der Waals surface area contributed by atoms with Gasteiger partial charge in [-0.25, -0.2) is 4.98 Å². The summed E-state index contributed by atoms with van der Waals surface area (Å²) in [6.45, 7) is -14.8. The molecule has 0 aliphatic rings. The van der Waals surface area contributed by atoms with Gasteiger partial charge in [-0.1, -0.05) is 173 Å². The van der Waals surface area contributed by atoms with Gasteiger partial charge in [0.15, 0.2) is 0 Å². The Morgan fingerprint density at radius 2 is 1.27 bits per heavy atom. The minimum Gasteiger partial charge on any atom is -0.507 e. The summed E-state index contributed by atoms with van der Waals surface area (Å²) in [6, 6.07) is 36.8. The Bertz CT molecular complexity index is 3720. The van der Waals surface area contributed by atoms with Gasteiger partial charge >= 0.3 is 0 Å². The van der Waals surface area contributed by atoms with Crippen molar-refractivity contribution in [3.05, 3.63) is 167 Å². The van der Waals surface area contributed by atoms with Crippen molar-refractivity contribution in [2.75, 3.05) is 0 Å². The molecule has 0 amide bonds. The Labute approximate surface area is 411 Å². The highest BCUT2D eigenvalue weighted by atomic mass is 16.3. The van der Waals surface area contributed by atoms with Crippen molar-refractivity contribution in [1.82, 2.24) is 14.5 Å². The van der Waals surface area contributed by atoms with Gasteiger partial charge in [-0.3, -0.25) is 9.55 Å². The highest BCUT2D eigenvalue weighted by Crippen LogP contribution is 2.46. The Kier molecular flexibility index (Phi) is 6.47. The topological polar surface area (TPSA) is 50.9 Å². The SMILES string of the molecule is [2H]C([2H])([2H])c1ccc(-c2ccnc(-c3cc(-c4cccc5c4nc(-c4cc(C(C([2H])([2H])[2H])(C([2H])([2H])[2H])C([2H])([2H])[2H])cc(C(C([2H])([2H])[2H])(C([2H])([2H])[2H])C([2H])([2H])[2H])c4O)n5-c4ccc(C(C)(C)CC)cc4-c4ccccc4)cc(C(C)(C)C)c3)c2)cc1. The molecule has 6 aromatic carbocycles. The molecule has 8 rings (SSSR count). The molecule has 0 spiro atoms. The molecule has 0 aliphatic heterocycles. The number of pyridine rings is 1. The van der Waals surface area contributed by atoms with Crippen LogP contribution in [0.1, 0.15) is 146 Å². The second-order valence-corrected chi connectivity index (χ2v) is 18.3. The Hall–Kier alpha value is -6.26. The zero-order valence-corrected chi connectivity index (χ0v) is 36.8. The number of rotatable bonds is 8. The van der Waals surface area contributed by atoms with Crippen molar-refractivity contribution in [3.8, 4) is 67.5 Å². The monoisotopic (exact) mass is 865 g/mol. The summed E-state index contributed by atoms with van der Waals surface area (Å²) < 4.78 is 184. The molecular weight excluding hydrogens is 779 g/mol. The van der Waals surface area contributed by atoms with E-state index >= 15 is 0 Å². The van der Waals surface area contributed by atoms with Crippen molar-refractivity contribution >= 4 is 11.0 Å². The molecular formula is C60H65N3O. The molecule has 1 N–H and O–H groups in total. The first-order chi connectivity index (χ1) is 38.8. The van der Waals surface area contributed by atoms with E-state index in [0.29, 0.717) is 51.7 Å². The smallest absolute Gasteiger partial charge is 0.149 e. The number of benzene rings is 6. The van der Waals surface area contributed by atoms with E-state index in [2.05, 4.69) is 13.8 Å². The van der Waals surface area contributed by atoms with Crippen LogP contribution in [0.2, 0.25) is 0 Å². The Balaban J connectivity index is 1.60. The third-order valence-electron chi connectivity index (χ3n) is 12.2. The molecule has 0 bridgehead atoms. The third kappa shape index (κ3) is 8.55. The maximum Gasteiger partial charge on any atom is 0.149 e. The summed E-state index contributed by atoms with van der Waals surface area (Å²) in [6.07, 6.45) is 2.32. The molecule has 2 heterocycles. The van der Waals surface area contributed by atoms with Gasteiger partial charge in [0.2, 0.25) is 0 Å². The van der Waals surface area contributed by atoms with Crippen LogP contribution in [0, 0.1) is 6.85 Å². The van der Waals surface area contributed by atoms with Gasteiger partial charge in [-0.2, -0.15) is 0 Å². The predicted molar refractivity (Wildman–Crippen MR) is 272 cm³/mol. The first-order valence-corrected chi connectivity index (χ1v) is 21.2. The molecule has 8 aromatic rings. The minimum atomic E-state index is -4.16. The zero-order chi connectivity index (χ0) is 63.4. The molecule has 0 saturated heterocycles. The van der Waals surface area contributed by atoms with Crippen molar-refractivity contribution in [2.24, 2.45) is 0 Å². The fourth-order valence-electron chi connectivity index (χ4n) is 8.06. The lowest BCUT2D eigenvalue weighted by molar-refractivity contribution is 0.446. The number of hydrogen-bond acceptors (Lipinski definition) is 3. The number of aromatic hydroxyl groups is 1. The van der Waals surface area contributed by atoms with Gasteiger partial charge in [0.1, 0.15) is 11.6 Å². The lowest BCUT2D eigenvalue weighted by atomic mass is 9.78. The molecule has 0 fully saturated rings. The van der Waals surface area contributed by atoms with Gasteiger partial charge in [0.25, 0.3) is 0 Å².